The van der Waals surface area contributed by atoms with E-state index < -0.39 is 5.82 Å². The molecule has 0 spiro atoms. The van der Waals surface area contributed by atoms with Crippen LogP contribution in [-0.4, -0.2) is 19.0 Å². The molecule has 0 saturated carbocycles. The highest BCUT2D eigenvalue weighted by Gasteiger charge is 2.34. The zero-order valence-electron chi connectivity index (χ0n) is 10.1. The van der Waals surface area contributed by atoms with Crippen LogP contribution in [-0.2, 0) is 4.79 Å². The van der Waals surface area contributed by atoms with Crippen molar-refractivity contribution in [1.29, 1.82) is 5.26 Å². The lowest BCUT2D eigenvalue weighted by Crippen LogP contribution is -2.29. The maximum Gasteiger partial charge on any atom is 0.222 e. The van der Waals surface area contributed by atoms with Gasteiger partial charge in [0.25, 0.3) is 0 Å². The highest BCUT2D eigenvalue weighted by molar-refractivity contribution is 5.79. The molecule has 1 aliphatic rings. The Bertz CT molecular complexity index is 523. The molecule has 1 aromatic rings. The Morgan fingerprint density at radius 3 is 2.83 bits per heavy atom. The average molecular weight is 247 g/mol. The molecule has 0 radical (unpaired) electrons. The first-order valence-electron chi connectivity index (χ1n) is 5.77. The van der Waals surface area contributed by atoms with Crippen molar-refractivity contribution in [1.82, 2.24) is 0 Å². The standard InChI is InChI=1S/C13H14FN3O/c1-8-6-17(7-11(8)13(16)18)12-3-2-10(14)4-9(12)5-15/h2-4,8,11H,6-7H2,1H3,(H2,16,18)/t8-,11-/m1/s1. The molecule has 1 aromatic carbocycles. The Morgan fingerprint density at radius 2 is 2.28 bits per heavy atom. The third kappa shape index (κ3) is 2.14. The second-order valence-electron chi connectivity index (χ2n) is 4.66. The number of rotatable bonds is 2. The number of primary amides is 1. The van der Waals surface area contributed by atoms with Crippen molar-refractivity contribution in [2.75, 3.05) is 18.0 Å². The topological polar surface area (TPSA) is 70.1 Å². The summed E-state index contributed by atoms with van der Waals surface area (Å²) in [6, 6.07) is 6.07. The molecule has 0 unspecified atom stereocenters. The second kappa shape index (κ2) is 4.65. The molecular weight excluding hydrogens is 233 g/mol. The second-order valence-corrected chi connectivity index (χ2v) is 4.66. The van der Waals surface area contributed by atoms with Crippen LogP contribution in [0.1, 0.15) is 12.5 Å². The molecule has 1 aliphatic heterocycles. The Balaban J connectivity index is 2.29. The molecule has 18 heavy (non-hydrogen) atoms. The van der Waals surface area contributed by atoms with Crippen molar-refractivity contribution in [3.05, 3.63) is 29.6 Å². The number of benzene rings is 1. The van der Waals surface area contributed by atoms with Crippen molar-refractivity contribution < 1.29 is 9.18 Å². The number of carbonyl (C=O) groups excluding carboxylic acids is 1. The number of hydrogen-bond donors (Lipinski definition) is 1. The van der Waals surface area contributed by atoms with Gasteiger partial charge in [-0.2, -0.15) is 5.26 Å². The molecule has 0 aliphatic carbocycles. The van der Waals surface area contributed by atoms with E-state index >= 15 is 0 Å². The number of nitriles is 1. The monoisotopic (exact) mass is 247 g/mol. The lowest BCUT2D eigenvalue weighted by atomic mass is 9.98. The third-order valence-electron chi connectivity index (χ3n) is 3.40. The normalized spacial score (nSPS) is 22.8. The molecule has 2 N–H and O–H groups in total. The fourth-order valence-electron chi connectivity index (χ4n) is 2.41. The van der Waals surface area contributed by atoms with Gasteiger partial charge in [-0.25, -0.2) is 4.39 Å². The fraction of sp³-hybridized carbons (Fsp3) is 0.385. The van der Waals surface area contributed by atoms with Crippen molar-refractivity contribution in [2.24, 2.45) is 17.6 Å². The van der Waals surface area contributed by atoms with Gasteiger partial charge in [0.05, 0.1) is 17.2 Å². The first-order chi connectivity index (χ1) is 8.52. The van der Waals surface area contributed by atoms with E-state index in [-0.39, 0.29) is 23.3 Å². The number of halogens is 1. The van der Waals surface area contributed by atoms with Crippen LogP contribution in [0.4, 0.5) is 10.1 Å². The highest BCUT2D eigenvalue weighted by Crippen LogP contribution is 2.30. The molecule has 5 heteroatoms. The minimum atomic E-state index is -0.436. The van der Waals surface area contributed by atoms with E-state index in [1.807, 2.05) is 17.9 Å². The van der Waals surface area contributed by atoms with Gasteiger partial charge in [-0.1, -0.05) is 6.92 Å². The van der Waals surface area contributed by atoms with Gasteiger partial charge in [-0.05, 0) is 24.1 Å². The summed E-state index contributed by atoms with van der Waals surface area (Å²) in [6.07, 6.45) is 0. The van der Waals surface area contributed by atoms with Crippen LogP contribution in [0, 0.1) is 29.0 Å². The summed E-state index contributed by atoms with van der Waals surface area (Å²) in [6.45, 7) is 3.08. The van der Waals surface area contributed by atoms with Crippen molar-refractivity contribution in [3.8, 4) is 6.07 Å². The number of carbonyl (C=O) groups is 1. The first-order valence-corrected chi connectivity index (χ1v) is 5.77. The summed E-state index contributed by atoms with van der Waals surface area (Å²) in [5.41, 5.74) is 6.28. The summed E-state index contributed by atoms with van der Waals surface area (Å²) < 4.78 is 13.1. The van der Waals surface area contributed by atoms with Crippen LogP contribution >= 0.6 is 0 Å². The molecule has 2 rings (SSSR count). The number of amides is 1. The fourth-order valence-corrected chi connectivity index (χ4v) is 2.41. The van der Waals surface area contributed by atoms with Gasteiger partial charge < -0.3 is 10.6 Å². The highest BCUT2D eigenvalue weighted by atomic mass is 19.1. The van der Waals surface area contributed by atoms with Gasteiger partial charge >= 0.3 is 0 Å². The summed E-state index contributed by atoms with van der Waals surface area (Å²) in [5.74, 6) is -0.847. The van der Waals surface area contributed by atoms with E-state index in [0.717, 1.165) is 0 Å². The van der Waals surface area contributed by atoms with Crippen LogP contribution in [0.2, 0.25) is 0 Å². The number of nitrogens with zero attached hydrogens (tertiary/aromatic N) is 2. The molecule has 1 amide bonds. The van der Waals surface area contributed by atoms with E-state index in [0.29, 0.717) is 18.8 Å². The number of nitrogens with two attached hydrogens (primary N) is 1. The largest absolute Gasteiger partial charge is 0.369 e. The number of anilines is 1. The maximum absolute atomic E-state index is 13.1. The van der Waals surface area contributed by atoms with Crippen LogP contribution in [0.25, 0.3) is 0 Å². The predicted molar refractivity (Wildman–Crippen MR) is 65.2 cm³/mol. The van der Waals surface area contributed by atoms with Crippen LogP contribution in [0.5, 0.6) is 0 Å². The molecule has 0 bridgehead atoms. The lowest BCUT2D eigenvalue weighted by molar-refractivity contribution is -0.122. The van der Waals surface area contributed by atoms with Gasteiger partial charge in [0, 0.05) is 13.1 Å². The third-order valence-corrected chi connectivity index (χ3v) is 3.40. The molecule has 2 atom stereocenters. The van der Waals surface area contributed by atoms with Crippen LogP contribution in [0.3, 0.4) is 0 Å². The van der Waals surface area contributed by atoms with Crippen LogP contribution in [0.15, 0.2) is 18.2 Å². The summed E-state index contributed by atoms with van der Waals surface area (Å²) in [4.78, 5) is 13.2. The van der Waals surface area contributed by atoms with Gasteiger partial charge in [-0.15, -0.1) is 0 Å². The molecule has 1 saturated heterocycles. The minimum absolute atomic E-state index is 0.138. The van der Waals surface area contributed by atoms with Crippen molar-refractivity contribution >= 4 is 11.6 Å². The molecule has 1 heterocycles. The average Bonchev–Trinajstić information content (AvgIpc) is 2.71. The van der Waals surface area contributed by atoms with Crippen molar-refractivity contribution in [2.45, 2.75) is 6.92 Å². The smallest absolute Gasteiger partial charge is 0.222 e. The summed E-state index contributed by atoms with van der Waals surface area (Å²) in [7, 11) is 0. The number of hydrogen-bond acceptors (Lipinski definition) is 3. The van der Waals surface area contributed by atoms with E-state index in [4.69, 9.17) is 11.0 Å². The van der Waals surface area contributed by atoms with Gasteiger partial charge in [0.15, 0.2) is 0 Å². The Labute approximate surface area is 105 Å². The predicted octanol–water partition coefficient (Wildman–Crippen LogP) is 1.25. The summed E-state index contributed by atoms with van der Waals surface area (Å²) in [5, 5.41) is 9.01. The Morgan fingerprint density at radius 1 is 1.56 bits per heavy atom. The van der Waals surface area contributed by atoms with Crippen LogP contribution < -0.4 is 10.6 Å². The Hall–Kier alpha value is -2.09. The van der Waals surface area contributed by atoms with Crippen molar-refractivity contribution in [3.63, 3.8) is 0 Å². The van der Waals surface area contributed by atoms with Gasteiger partial charge in [0.2, 0.25) is 5.91 Å². The first kappa shape index (κ1) is 12.4. The van der Waals surface area contributed by atoms with E-state index in [2.05, 4.69) is 0 Å². The molecule has 1 fully saturated rings. The van der Waals surface area contributed by atoms with E-state index in [1.54, 1.807) is 6.07 Å². The van der Waals surface area contributed by atoms with Gasteiger partial charge in [-0.3, -0.25) is 4.79 Å². The SMILES string of the molecule is C[C@@H]1CN(c2ccc(F)cc2C#N)C[C@H]1C(N)=O. The zero-order chi connectivity index (χ0) is 13.3. The summed E-state index contributed by atoms with van der Waals surface area (Å²) >= 11 is 0. The van der Waals surface area contributed by atoms with Gasteiger partial charge in [0.1, 0.15) is 11.9 Å². The lowest BCUT2D eigenvalue weighted by Gasteiger charge is -2.19. The molecule has 94 valence electrons. The molecule has 4 nitrogen and oxygen atoms in total. The van der Waals surface area contributed by atoms with E-state index in [1.165, 1.54) is 12.1 Å². The van der Waals surface area contributed by atoms with E-state index in [9.17, 15) is 9.18 Å². The Kier molecular flexibility index (Phi) is 3.19. The quantitative estimate of drug-likeness (QED) is 0.855. The minimum Gasteiger partial charge on any atom is -0.369 e. The maximum atomic E-state index is 13.1. The zero-order valence-corrected chi connectivity index (χ0v) is 10.1. The molecule has 0 aromatic heterocycles. The molecular formula is C13H14FN3O.